The first-order chi connectivity index (χ1) is 13.2. The Morgan fingerprint density at radius 2 is 1.24 bits per heavy atom. The van der Waals surface area contributed by atoms with Gasteiger partial charge in [0.2, 0.25) is 0 Å². The van der Waals surface area contributed by atoms with Crippen LogP contribution in [0.3, 0.4) is 0 Å². The Bertz CT molecular complexity index is 917. The van der Waals surface area contributed by atoms with E-state index in [-0.39, 0.29) is 14.3 Å². The molecule has 0 radical (unpaired) electrons. The largest absolute Gasteiger partial charge is 0.418 e. The molecule has 2 heterocycles. The first-order valence-electron chi connectivity index (χ1n) is 7.24. The van der Waals surface area contributed by atoms with Crippen LogP contribution in [0.15, 0.2) is 33.5 Å². The lowest BCUT2D eigenvalue weighted by Crippen LogP contribution is -2.15. The second-order valence-corrected chi connectivity index (χ2v) is 7.60. The summed E-state index contributed by atoms with van der Waals surface area (Å²) in [5.74, 6) is -1.40. The van der Waals surface area contributed by atoms with Crippen LogP contribution in [-0.4, -0.2) is 26.9 Å². The SMILES string of the molecule is CC(=O)c1ncc(Br)cc1C(F)(F)F.O=C(CBr)c1ncc(Br)cc1C(F)(F)F. The highest BCUT2D eigenvalue weighted by Crippen LogP contribution is 2.34. The van der Waals surface area contributed by atoms with E-state index in [2.05, 4.69) is 57.8 Å². The van der Waals surface area contributed by atoms with Crippen molar-refractivity contribution in [2.45, 2.75) is 19.3 Å². The number of Topliss-reactive ketones (excluding diaryl/α,β-unsaturated/α-hetero) is 2. The third kappa shape index (κ3) is 7.45. The Labute approximate surface area is 185 Å². The molecular formula is C16H9Br3F6N2O2. The molecule has 0 N–H and O–H groups in total. The van der Waals surface area contributed by atoms with Crippen molar-refractivity contribution < 1.29 is 35.9 Å². The molecule has 0 unspecified atom stereocenters. The second-order valence-electron chi connectivity index (χ2n) is 5.21. The van der Waals surface area contributed by atoms with Crippen molar-refractivity contribution in [3.05, 3.63) is 56.0 Å². The zero-order chi connectivity index (χ0) is 22.6. The zero-order valence-electron chi connectivity index (χ0n) is 14.1. The summed E-state index contributed by atoms with van der Waals surface area (Å²) >= 11 is 8.54. The number of carbonyl (C=O) groups is 2. The van der Waals surface area contributed by atoms with Gasteiger partial charge in [0.15, 0.2) is 11.6 Å². The fourth-order valence-corrected chi connectivity index (χ4v) is 2.80. The van der Waals surface area contributed by atoms with E-state index in [9.17, 15) is 35.9 Å². The van der Waals surface area contributed by atoms with Gasteiger partial charge in [-0.3, -0.25) is 19.6 Å². The zero-order valence-corrected chi connectivity index (χ0v) is 18.9. The van der Waals surface area contributed by atoms with Gasteiger partial charge in [0.1, 0.15) is 11.4 Å². The smallest absolute Gasteiger partial charge is 0.293 e. The van der Waals surface area contributed by atoms with Gasteiger partial charge < -0.3 is 0 Å². The summed E-state index contributed by atoms with van der Waals surface area (Å²) in [7, 11) is 0. The summed E-state index contributed by atoms with van der Waals surface area (Å²) in [6, 6.07) is 1.67. The highest BCUT2D eigenvalue weighted by molar-refractivity contribution is 9.10. The lowest BCUT2D eigenvalue weighted by molar-refractivity contribution is -0.139. The molecule has 158 valence electrons. The number of rotatable bonds is 3. The van der Waals surface area contributed by atoms with E-state index in [1.54, 1.807) is 0 Å². The van der Waals surface area contributed by atoms with Crippen molar-refractivity contribution in [1.82, 2.24) is 9.97 Å². The third-order valence-electron chi connectivity index (χ3n) is 3.04. The maximum atomic E-state index is 12.5. The van der Waals surface area contributed by atoms with Crippen molar-refractivity contribution in [2.24, 2.45) is 0 Å². The van der Waals surface area contributed by atoms with Crippen LogP contribution < -0.4 is 0 Å². The standard InChI is InChI=1S/C8H4Br2F3NO.C8H5BrF3NO/c9-2-6(15)7-5(8(11,12)13)1-4(10)3-14-7;1-4(14)7-6(8(10,11)12)2-5(9)3-13-7/h1,3H,2H2;2-3H,1H3. The van der Waals surface area contributed by atoms with Gasteiger partial charge in [-0.1, -0.05) is 15.9 Å². The topological polar surface area (TPSA) is 59.9 Å². The lowest BCUT2D eigenvalue weighted by atomic mass is 10.1. The molecule has 0 saturated heterocycles. The molecule has 29 heavy (non-hydrogen) atoms. The van der Waals surface area contributed by atoms with Crippen LogP contribution in [0.25, 0.3) is 0 Å². The molecule has 4 nitrogen and oxygen atoms in total. The molecule has 0 aliphatic heterocycles. The van der Waals surface area contributed by atoms with E-state index in [4.69, 9.17) is 0 Å². The molecule has 2 aromatic rings. The van der Waals surface area contributed by atoms with E-state index in [1.807, 2.05) is 0 Å². The number of carbonyl (C=O) groups excluding carboxylic acids is 2. The van der Waals surface area contributed by atoms with Crippen molar-refractivity contribution in [3.8, 4) is 0 Å². The number of hydrogen-bond donors (Lipinski definition) is 0. The molecule has 13 heteroatoms. The van der Waals surface area contributed by atoms with Gasteiger partial charge >= 0.3 is 12.4 Å². The lowest BCUT2D eigenvalue weighted by Gasteiger charge is -2.10. The van der Waals surface area contributed by atoms with Crippen LogP contribution in [0.4, 0.5) is 26.3 Å². The summed E-state index contributed by atoms with van der Waals surface area (Å²) in [4.78, 5) is 28.9. The molecule has 0 spiro atoms. The molecule has 0 saturated carbocycles. The van der Waals surface area contributed by atoms with E-state index < -0.39 is 46.4 Å². The van der Waals surface area contributed by atoms with Crippen molar-refractivity contribution in [2.75, 3.05) is 5.33 Å². The molecule has 0 atom stereocenters. The molecule has 0 aromatic carbocycles. The first kappa shape index (κ1) is 25.7. The van der Waals surface area contributed by atoms with Crippen LogP contribution >= 0.6 is 47.8 Å². The van der Waals surface area contributed by atoms with Crippen molar-refractivity contribution in [3.63, 3.8) is 0 Å². The summed E-state index contributed by atoms with van der Waals surface area (Å²) in [6.07, 6.45) is -6.82. The maximum absolute atomic E-state index is 12.5. The fourth-order valence-electron chi connectivity index (χ4n) is 1.88. The summed E-state index contributed by atoms with van der Waals surface area (Å²) in [6.45, 7) is 1.05. The monoisotopic (exact) mass is 612 g/mol. The Kier molecular flexibility index (Phi) is 8.96. The Balaban J connectivity index is 0.000000291. The van der Waals surface area contributed by atoms with Gasteiger partial charge in [-0.2, -0.15) is 26.3 Å². The molecule has 2 aromatic heterocycles. The van der Waals surface area contributed by atoms with E-state index in [0.717, 1.165) is 31.5 Å². The van der Waals surface area contributed by atoms with Gasteiger partial charge in [0.05, 0.1) is 16.5 Å². The molecule has 0 aliphatic rings. The van der Waals surface area contributed by atoms with E-state index in [1.165, 1.54) is 0 Å². The predicted octanol–water partition coefficient (Wildman–Crippen LogP) is 6.51. The minimum atomic E-state index is -4.58. The van der Waals surface area contributed by atoms with Crippen LogP contribution in [0.5, 0.6) is 0 Å². The van der Waals surface area contributed by atoms with Crippen LogP contribution in [0.2, 0.25) is 0 Å². The number of alkyl halides is 7. The Morgan fingerprint density at radius 1 is 0.862 bits per heavy atom. The highest BCUT2D eigenvalue weighted by atomic mass is 79.9. The summed E-state index contributed by atoms with van der Waals surface area (Å²) in [5.41, 5.74) is -3.16. The van der Waals surface area contributed by atoms with Gasteiger partial charge in [-0.05, 0) is 44.0 Å². The number of halogens is 9. The first-order valence-corrected chi connectivity index (χ1v) is 9.94. The normalized spacial score (nSPS) is 11.5. The quantitative estimate of drug-likeness (QED) is 0.225. The van der Waals surface area contributed by atoms with Gasteiger partial charge in [-0.15, -0.1) is 0 Å². The number of ketones is 2. The average molecular weight is 615 g/mol. The third-order valence-corrected chi connectivity index (χ3v) is 4.42. The van der Waals surface area contributed by atoms with Gasteiger partial charge in [-0.25, -0.2) is 0 Å². The molecule has 0 aliphatic carbocycles. The summed E-state index contributed by atoms with van der Waals surface area (Å²) < 4.78 is 75.0. The molecule has 0 fully saturated rings. The van der Waals surface area contributed by atoms with Crippen LogP contribution in [-0.2, 0) is 12.4 Å². The Morgan fingerprint density at radius 3 is 1.59 bits per heavy atom. The second kappa shape index (κ2) is 10.1. The maximum Gasteiger partial charge on any atom is 0.418 e. The van der Waals surface area contributed by atoms with Crippen LogP contribution in [0, 0.1) is 0 Å². The van der Waals surface area contributed by atoms with Gasteiger partial charge in [0, 0.05) is 28.3 Å². The molecule has 0 amide bonds. The molecule has 0 bridgehead atoms. The fraction of sp³-hybridized carbons (Fsp3) is 0.250. The molecular weight excluding hydrogens is 606 g/mol. The predicted molar refractivity (Wildman–Crippen MR) is 102 cm³/mol. The number of nitrogens with zero attached hydrogens (tertiary/aromatic N) is 2. The van der Waals surface area contributed by atoms with E-state index >= 15 is 0 Å². The highest BCUT2D eigenvalue weighted by Gasteiger charge is 2.36. The van der Waals surface area contributed by atoms with Crippen LogP contribution in [0.1, 0.15) is 39.0 Å². The van der Waals surface area contributed by atoms with Crippen molar-refractivity contribution >= 4 is 59.4 Å². The number of pyridine rings is 2. The molecule has 2 rings (SSSR count). The van der Waals surface area contributed by atoms with E-state index in [0.29, 0.717) is 0 Å². The number of hydrogen-bond acceptors (Lipinski definition) is 4. The average Bonchev–Trinajstić information content (AvgIpc) is 2.59. The van der Waals surface area contributed by atoms with Crippen molar-refractivity contribution in [1.29, 1.82) is 0 Å². The number of aromatic nitrogens is 2. The Hall–Kier alpha value is -1.34. The van der Waals surface area contributed by atoms with Gasteiger partial charge in [0.25, 0.3) is 0 Å². The minimum Gasteiger partial charge on any atom is -0.293 e. The minimum absolute atomic E-state index is 0.181. The summed E-state index contributed by atoms with van der Waals surface area (Å²) in [5, 5.41) is -0.190.